The first-order valence-electron chi connectivity index (χ1n) is 12.3. The number of nitrogens with two attached hydrogens (primary N) is 4. The van der Waals surface area contributed by atoms with E-state index in [-0.39, 0.29) is 31.8 Å². The fraction of sp³-hybridized carbons (Fsp3) is 0.636. The zero-order valence-corrected chi connectivity index (χ0v) is 21.4. The first kappa shape index (κ1) is 32.3. The van der Waals surface area contributed by atoms with Crippen molar-refractivity contribution < 1.29 is 29.4 Å². The Morgan fingerprint density at radius 1 is 1.03 bits per heavy atom. The number of carboxylic acid groups (broad SMARTS) is 1. The van der Waals surface area contributed by atoms with Gasteiger partial charge in [-0.25, -0.2) is 9.78 Å². The number of aliphatic hydroxyl groups excluding tert-OH is 1. The summed E-state index contributed by atoms with van der Waals surface area (Å²) in [4.78, 5) is 60.9. The number of hydrogen-bond donors (Lipinski definition) is 10. The highest BCUT2D eigenvalue weighted by Crippen LogP contribution is 2.06. The summed E-state index contributed by atoms with van der Waals surface area (Å²) < 4.78 is 0. The number of aliphatic hydroxyl groups is 1. The van der Waals surface area contributed by atoms with Crippen molar-refractivity contribution in [2.45, 2.75) is 75.7 Å². The molecular formula is C22H40N10O6. The third kappa shape index (κ3) is 12.0. The van der Waals surface area contributed by atoms with Crippen LogP contribution in [-0.4, -0.2) is 93.2 Å². The highest BCUT2D eigenvalue weighted by atomic mass is 16.4. The van der Waals surface area contributed by atoms with Gasteiger partial charge in [-0.2, -0.15) is 0 Å². The molecule has 0 aromatic carbocycles. The van der Waals surface area contributed by atoms with Crippen molar-refractivity contribution in [1.82, 2.24) is 25.9 Å². The minimum Gasteiger partial charge on any atom is -0.480 e. The zero-order valence-electron chi connectivity index (χ0n) is 21.4. The summed E-state index contributed by atoms with van der Waals surface area (Å²) in [5.74, 6) is -3.72. The van der Waals surface area contributed by atoms with E-state index in [0.29, 0.717) is 31.5 Å². The summed E-state index contributed by atoms with van der Waals surface area (Å²) in [5, 5.41) is 26.4. The smallest absolute Gasteiger partial charge is 0.328 e. The topological polar surface area (TPSA) is 290 Å². The number of aromatic amines is 1. The molecule has 0 aliphatic heterocycles. The maximum atomic E-state index is 13.3. The van der Waals surface area contributed by atoms with Gasteiger partial charge in [0.05, 0.1) is 18.5 Å². The van der Waals surface area contributed by atoms with Crippen molar-refractivity contribution in [1.29, 1.82) is 0 Å². The fourth-order valence-corrected chi connectivity index (χ4v) is 3.43. The van der Waals surface area contributed by atoms with Gasteiger partial charge in [0.25, 0.3) is 0 Å². The Morgan fingerprint density at radius 2 is 1.68 bits per heavy atom. The van der Waals surface area contributed by atoms with Crippen LogP contribution in [0.1, 0.15) is 44.7 Å². The number of imidazole rings is 1. The number of carbonyl (C=O) groups excluding carboxylic acids is 3. The molecule has 0 spiro atoms. The number of guanidine groups is 1. The van der Waals surface area contributed by atoms with Crippen molar-refractivity contribution in [3.63, 3.8) is 0 Å². The molecule has 0 saturated heterocycles. The second-order valence-electron chi connectivity index (χ2n) is 8.81. The van der Waals surface area contributed by atoms with Gasteiger partial charge in [-0.15, -0.1) is 0 Å². The molecule has 0 aliphatic rings. The molecule has 214 valence electrons. The SMILES string of the molecule is CC(O)C(NC(=O)C(CCCN=C(N)N)NC(=O)C(Cc1cnc[nH]1)NC(=O)C(N)CCCCN)C(=O)O. The highest BCUT2D eigenvalue weighted by molar-refractivity contribution is 5.94. The Morgan fingerprint density at radius 3 is 2.24 bits per heavy atom. The van der Waals surface area contributed by atoms with Crippen LogP contribution in [0.4, 0.5) is 0 Å². The van der Waals surface area contributed by atoms with E-state index in [0.717, 1.165) is 0 Å². The van der Waals surface area contributed by atoms with Gasteiger partial charge in [0.1, 0.15) is 12.1 Å². The van der Waals surface area contributed by atoms with Gasteiger partial charge in [-0.05, 0) is 39.2 Å². The molecule has 38 heavy (non-hydrogen) atoms. The van der Waals surface area contributed by atoms with Crippen LogP contribution in [0.25, 0.3) is 0 Å². The van der Waals surface area contributed by atoms with Crippen LogP contribution in [0.15, 0.2) is 17.5 Å². The zero-order chi connectivity index (χ0) is 28.7. The van der Waals surface area contributed by atoms with E-state index in [1.165, 1.54) is 19.4 Å². The molecule has 0 aliphatic carbocycles. The number of carboxylic acids is 1. The molecule has 0 fully saturated rings. The Kier molecular flexibility index (Phi) is 14.3. The summed E-state index contributed by atoms with van der Waals surface area (Å²) in [6.45, 7) is 1.81. The van der Waals surface area contributed by atoms with Gasteiger partial charge in [-0.3, -0.25) is 19.4 Å². The second-order valence-corrected chi connectivity index (χ2v) is 8.81. The number of amides is 3. The molecule has 1 rings (SSSR count). The van der Waals surface area contributed by atoms with Crippen LogP contribution in [0.2, 0.25) is 0 Å². The number of aliphatic imine (C=N–C) groups is 1. The van der Waals surface area contributed by atoms with Gasteiger partial charge >= 0.3 is 5.97 Å². The van der Waals surface area contributed by atoms with Gasteiger partial charge in [0.15, 0.2) is 12.0 Å². The summed E-state index contributed by atoms with van der Waals surface area (Å²) in [5.41, 5.74) is 22.6. The molecule has 14 N–H and O–H groups in total. The standard InChI is InChI=1S/C22H40N10O6/c1-12(33)17(21(37)38)32-19(35)15(6-4-8-28-22(25)26)30-20(36)16(9-13-10-27-11-29-13)31-18(34)14(24)5-2-3-7-23/h10-12,14-17,33H,2-9,23-24H2,1H3,(H,27,29)(H,30,36)(H,31,34)(H,32,35)(H,37,38)(H4,25,26,28). The predicted octanol–water partition coefficient (Wildman–Crippen LogP) is -3.62. The lowest BCUT2D eigenvalue weighted by Gasteiger charge is -2.25. The van der Waals surface area contributed by atoms with Crippen LogP contribution in [-0.2, 0) is 25.6 Å². The number of nitrogens with one attached hydrogen (secondary N) is 4. The van der Waals surface area contributed by atoms with Crippen molar-refractivity contribution >= 4 is 29.7 Å². The molecule has 5 unspecified atom stereocenters. The maximum Gasteiger partial charge on any atom is 0.328 e. The van der Waals surface area contributed by atoms with Crippen molar-refractivity contribution in [2.24, 2.45) is 27.9 Å². The van der Waals surface area contributed by atoms with Crippen molar-refractivity contribution in [3.05, 3.63) is 18.2 Å². The number of rotatable bonds is 18. The van der Waals surface area contributed by atoms with E-state index in [9.17, 15) is 29.4 Å². The number of nitrogens with zero attached hydrogens (tertiary/aromatic N) is 2. The molecule has 0 bridgehead atoms. The first-order valence-corrected chi connectivity index (χ1v) is 12.3. The molecule has 16 heteroatoms. The fourth-order valence-electron chi connectivity index (χ4n) is 3.43. The number of unbranched alkanes of at least 4 members (excludes halogenated alkanes) is 1. The van der Waals surface area contributed by atoms with Crippen LogP contribution >= 0.6 is 0 Å². The Hall–Kier alpha value is -3.76. The Bertz CT molecular complexity index is 920. The number of aromatic nitrogens is 2. The molecule has 1 heterocycles. The highest BCUT2D eigenvalue weighted by Gasteiger charge is 2.32. The summed E-state index contributed by atoms with van der Waals surface area (Å²) >= 11 is 0. The number of carbonyl (C=O) groups is 4. The largest absolute Gasteiger partial charge is 0.480 e. The van der Waals surface area contributed by atoms with E-state index in [1.807, 2.05) is 0 Å². The maximum absolute atomic E-state index is 13.3. The van der Waals surface area contributed by atoms with E-state index in [2.05, 4.69) is 30.9 Å². The van der Waals surface area contributed by atoms with E-state index in [1.54, 1.807) is 0 Å². The van der Waals surface area contributed by atoms with E-state index < -0.39 is 54.0 Å². The molecule has 5 atom stereocenters. The minimum absolute atomic E-state index is 0.0147. The molecule has 1 aromatic rings. The molecule has 1 aromatic heterocycles. The summed E-state index contributed by atoms with van der Waals surface area (Å²) in [6, 6.07) is -4.84. The monoisotopic (exact) mass is 540 g/mol. The Labute approximate surface area is 220 Å². The first-order chi connectivity index (χ1) is 18.0. The van der Waals surface area contributed by atoms with Gasteiger partial charge in [0, 0.05) is 24.9 Å². The number of aliphatic carboxylic acids is 1. The van der Waals surface area contributed by atoms with Crippen molar-refractivity contribution in [2.75, 3.05) is 13.1 Å². The summed E-state index contributed by atoms with van der Waals surface area (Å²) in [6.07, 6.45) is 3.49. The van der Waals surface area contributed by atoms with Crippen LogP contribution in [0, 0.1) is 0 Å². The lowest BCUT2D eigenvalue weighted by atomic mass is 10.1. The van der Waals surface area contributed by atoms with E-state index in [4.69, 9.17) is 22.9 Å². The predicted molar refractivity (Wildman–Crippen MR) is 138 cm³/mol. The summed E-state index contributed by atoms with van der Waals surface area (Å²) in [7, 11) is 0. The average molecular weight is 541 g/mol. The molecular weight excluding hydrogens is 500 g/mol. The van der Waals surface area contributed by atoms with Gasteiger partial charge < -0.3 is 54.1 Å². The number of H-pyrrole nitrogens is 1. The lowest BCUT2D eigenvalue weighted by molar-refractivity contribution is -0.145. The van der Waals surface area contributed by atoms with Crippen molar-refractivity contribution in [3.8, 4) is 0 Å². The third-order valence-corrected chi connectivity index (χ3v) is 5.54. The van der Waals surface area contributed by atoms with Crippen LogP contribution in [0.3, 0.4) is 0 Å². The number of hydrogen-bond acceptors (Lipinski definition) is 9. The minimum atomic E-state index is -1.60. The second kappa shape index (κ2) is 16.9. The normalized spacial score (nSPS) is 14.8. The quantitative estimate of drug-likeness (QED) is 0.0492. The Balaban J connectivity index is 3.06. The third-order valence-electron chi connectivity index (χ3n) is 5.54. The average Bonchev–Trinajstić information content (AvgIpc) is 3.36. The van der Waals surface area contributed by atoms with Gasteiger partial charge in [-0.1, -0.05) is 6.42 Å². The lowest BCUT2D eigenvalue weighted by Crippen LogP contribution is -2.58. The van der Waals surface area contributed by atoms with E-state index >= 15 is 0 Å². The van der Waals surface area contributed by atoms with Crippen LogP contribution in [0.5, 0.6) is 0 Å². The van der Waals surface area contributed by atoms with Gasteiger partial charge in [0.2, 0.25) is 17.7 Å². The molecule has 16 nitrogen and oxygen atoms in total. The molecule has 0 radical (unpaired) electrons. The molecule has 3 amide bonds. The van der Waals surface area contributed by atoms with Crippen LogP contribution < -0.4 is 38.9 Å². The molecule has 0 saturated carbocycles.